The molecule has 0 heterocycles. The van der Waals surface area contributed by atoms with Crippen LogP contribution in [-0.4, -0.2) is 24.6 Å². The largest absolute Gasteiger partial charge is 0.469 e. The molecular formula is C7H14O2S. The van der Waals surface area contributed by atoms with Gasteiger partial charge in [0, 0.05) is 5.25 Å². The average Bonchev–Trinajstić information content (AvgIpc) is 1.99. The first-order valence-electron chi connectivity index (χ1n) is 3.34. The number of methoxy groups -OCH3 is 1. The zero-order valence-electron chi connectivity index (χ0n) is 6.72. The molecule has 3 heteroatoms. The fraction of sp³-hybridized carbons (Fsp3) is 0.857. The van der Waals surface area contributed by atoms with Gasteiger partial charge in [-0.1, -0.05) is 6.92 Å². The molecule has 0 rings (SSSR count). The van der Waals surface area contributed by atoms with Gasteiger partial charge in [0.1, 0.15) is 0 Å². The Hall–Kier alpha value is -0.180. The lowest BCUT2D eigenvalue weighted by Crippen LogP contribution is -2.10. The lowest BCUT2D eigenvalue weighted by atomic mass is 10.2. The summed E-state index contributed by atoms with van der Waals surface area (Å²) >= 11 is 1.71. The van der Waals surface area contributed by atoms with Crippen LogP contribution in [0, 0.1) is 0 Å². The van der Waals surface area contributed by atoms with E-state index in [1.165, 1.54) is 7.11 Å². The van der Waals surface area contributed by atoms with Crippen molar-refractivity contribution in [3.63, 3.8) is 0 Å². The fourth-order valence-corrected chi connectivity index (χ4v) is 1.30. The van der Waals surface area contributed by atoms with E-state index in [4.69, 9.17) is 0 Å². The van der Waals surface area contributed by atoms with E-state index >= 15 is 0 Å². The maximum absolute atomic E-state index is 10.7. The summed E-state index contributed by atoms with van der Waals surface area (Å²) in [5.41, 5.74) is 0. The number of esters is 1. The number of carbonyl (C=O) groups is 1. The molecule has 0 aromatic rings. The minimum absolute atomic E-state index is 0.110. The zero-order chi connectivity index (χ0) is 7.98. The van der Waals surface area contributed by atoms with Crippen molar-refractivity contribution in [1.29, 1.82) is 0 Å². The van der Waals surface area contributed by atoms with Crippen LogP contribution in [0.4, 0.5) is 0 Å². The predicted molar refractivity (Wildman–Crippen MR) is 44.2 cm³/mol. The summed E-state index contributed by atoms with van der Waals surface area (Å²) in [4.78, 5) is 10.7. The molecular weight excluding hydrogens is 148 g/mol. The van der Waals surface area contributed by atoms with Gasteiger partial charge in [0.15, 0.2) is 0 Å². The summed E-state index contributed by atoms with van der Waals surface area (Å²) in [6.07, 6.45) is 3.57. The summed E-state index contributed by atoms with van der Waals surface area (Å²) in [5.74, 6) is -0.110. The van der Waals surface area contributed by atoms with Gasteiger partial charge in [0.05, 0.1) is 13.5 Å². The van der Waals surface area contributed by atoms with Crippen LogP contribution in [0.3, 0.4) is 0 Å². The van der Waals surface area contributed by atoms with Crippen molar-refractivity contribution in [2.75, 3.05) is 13.4 Å². The van der Waals surface area contributed by atoms with Crippen molar-refractivity contribution in [1.82, 2.24) is 0 Å². The number of rotatable bonds is 4. The van der Waals surface area contributed by atoms with E-state index < -0.39 is 0 Å². The van der Waals surface area contributed by atoms with Crippen LogP contribution in [0.2, 0.25) is 0 Å². The molecule has 2 nitrogen and oxygen atoms in total. The van der Waals surface area contributed by atoms with Crippen molar-refractivity contribution in [3.05, 3.63) is 0 Å². The molecule has 0 aliphatic heterocycles. The fourth-order valence-electron chi connectivity index (χ4n) is 0.664. The second kappa shape index (κ2) is 5.59. The molecule has 0 fully saturated rings. The van der Waals surface area contributed by atoms with Crippen LogP contribution < -0.4 is 0 Å². The first-order chi connectivity index (χ1) is 4.74. The third-order valence-corrected chi connectivity index (χ3v) is 2.58. The molecule has 0 bridgehead atoms. The summed E-state index contributed by atoms with van der Waals surface area (Å²) in [7, 11) is 1.43. The third-order valence-electron chi connectivity index (χ3n) is 1.41. The molecule has 0 aliphatic carbocycles. The first kappa shape index (κ1) is 9.82. The Bertz CT molecular complexity index is 99.8. The molecule has 10 heavy (non-hydrogen) atoms. The van der Waals surface area contributed by atoms with Gasteiger partial charge in [-0.25, -0.2) is 0 Å². The lowest BCUT2D eigenvalue weighted by molar-refractivity contribution is -0.140. The van der Waals surface area contributed by atoms with Crippen LogP contribution in [-0.2, 0) is 9.53 Å². The maximum atomic E-state index is 10.7. The van der Waals surface area contributed by atoms with Crippen molar-refractivity contribution >= 4 is 17.7 Å². The second-order valence-corrected chi connectivity index (χ2v) is 3.18. The predicted octanol–water partition coefficient (Wildman–Crippen LogP) is 1.69. The highest BCUT2D eigenvalue weighted by atomic mass is 32.2. The zero-order valence-corrected chi connectivity index (χ0v) is 7.53. The number of thioether (sulfide) groups is 1. The highest BCUT2D eigenvalue weighted by Gasteiger charge is 2.09. The van der Waals surface area contributed by atoms with Gasteiger partial charge in [-0.05, 0) is 12.7 Å². The third kappa shape index (κ3) is 3.77. The first-order valence-corrected chi connectivity index (χ1v) is 4.63. The van der Waals surface area contributed by atoms with E-state index in [-0.39, 0.29) is 5.97 Å². The van der Waals surface area contributed by atoms with Crippen molar-refractivity contribution < 1.29 is 9.53 Å². The molecule has 0 saturated heterocycles. The Morgan fingerprint density at radius 2 is 2.30 bits per heavy atom. The van der Waals surface area contributed by atoms with Gasteiger partial charge in [0.25, 0.3) is 0 Å². The lowest BCUT2D eigenvalue weighted by Gasteiger charge is -2.08. The Morgan fingerprint density at radius 1 is 1.70 bits per heavy atom. The quantitative estimate of drug-likeness (QED) is 0.588. The van der Waals surface area contributed by atoms with Crippen molar-refractivity contribution in [2.45, 2.75) is 25.0 Å². The van der Waals surface area contributed by atoms with E-state index in [2.05, 4.69) is 11.7 Å². The highest BCUT2D eigenvalue weighted by molar-refractivity contribution is 7.99. The van der Waals surface area contributed by atoms with Crippen LogP contribution in [0.5, 0.6) is 0 Å². The Balaban J connectivity index is 3.52. The molecule has 0 amide bonds. The molecule has 0 N–H and O–H groups in total. The molecule has 0 aliphatic rings. The SMILES string of the molecule is CCC(CC(=O)OC)SC. The number of hydrogen-bond acceptors (Lipinski definition) is 3. The molecule has 0 spiro atoms. The topological polar surface area (TPSA) is 26.3 Å². The van der Waals surface area contributed by atoms with Gasteiger partial charge in [0.2, 0.25) is 0 Å². The molecule has 0 radical (unpaired) electrons. The smallest absolute Gasteiger partial charge is 0.306 e. The van der Waals surface area contributed by atoms with Gasteiger partial charge < -0.3 is 4.74 Å². The van der Waals surface area contributed by atoms with Crippen LogP contribution >= 0.6 is 11.8 Å². The van der Waals surface area contributed by atoms with Gasteiger partial charge >= 0.3 is 5.97 Å². The molecule has 0 saturated carbocycles. The summed E-state index contributed by atoms with van der Waals surface area (Å²) in [5, 5.41) is 0.424. The Labute approximate surface area is 66.3 Å². The molecule has 1 unspecified atom stereocenters. The Kier molecular flexibility index (Phi) is 5.49. The van der Waals surface area contributed by atoms with Crippen molar-refractivity contribution in [2.24, 2.45) is 0 Å². The van der Waals surface area contributed by atoms with E-state index in [1.54, 1.807) is 11.8 Å². The van der Waals surface area contributed by atoms with Gasteiger partial charge in [-0.15, -0.1) is 0 Å². The van der Waals surface area contributed by atoms with E-state index in [1.807, 2.05) is 6.26 Å². The van der Waals surface area contributed by atoms with Crippen LogP contribution in [0.15, 0.2) is 0 Å². The second-order valence-electron chi connectivity index (χ2n) is 2.05. The van der Waals surface area contributed by atoms with E-state index in [9.17, 15) is 4.79 Å². The van der Waals surface area contributed by atoms with Crippen LogP contribution in [0.1, 0.15) is 19.8 Å². The van der Waals surface area contributed by atoms with Crippen LogP contribution in [0.25, 0.3) is 0 Å². The van der Waals surface area contributed by atoms with E-state index in [0.29, 0.717) is 11.7 Å². The molecule has 0 aromatic heterocycles. The number of hydrogen-bond donors (Lipinski definition) is 0. The maximum Gasteiger partial charge on any atom is 0.306 e. The van der Waals surface area contributed by atoms with Gasteiger partial charge in [-0.3, -0.25) is 4.79 Å². The summed E-state index contributed by atoms with van der Waals surface area (Å²) in [6.45, 7) is 2.07. The molecule has 0 aromatic carbocycles. The van der Waals surface area contributed by atoms with E-state index in [0.717, 1.165) is 6.42 Å². The summed E-state index contributed by atoms with van der Waals surface area (Å²) < 4.78 is 4.53. The van der Waals surface area contributed by atoms with Crippen molar-refractivity contribution in [3.8, 4) is 0 Å². The molecule has 1 atom stereocenters. The minimum atomic E-state index is -0.110. The normalized spacial score (nSPS) is 12.7. The monoisotopic (exact) mass is 162 g/mol. The van der Waals surface area contributed by atoms with Gasteiger partial charge in [-0.2, -0.15) is 11.8 Å². The average molecular weight is 162 g/mol. The molecule has 60 valence electrons. The minimum Gasteiger partial charge on any atom is -0.469 e. The summed E-state index contributed by atoms with van der Waals surface area (Å²) in [6, 6.07) is 0. The Morgan fingerprint density at radius 3 is 2.60 bits per heavy atom. The highest BCUT2D eigenvalue weighted by Crippen LogP contribution is 2.14. The standard InChI is InChI=1S/C7H14O2S/c1-4-6(10-3)5-7(8)9-2/h6H,4-5H2,1-3H3. The number of ether oxygens (including phenoxy) is 1. The number of carbonyl (C=O) groups excluding carboxylic acids is 1.